The summed E-state index contributed by atoms with van der Waals surface area (Å²) < 4.78 is 0. The van der Waals surface area contributed by atoms with Gasteiger partial charge in [-0.15, -0.1) is 0 Å². The normalized spacial score (nSPS) is 9.96. The van der Waals surface area contributed by atoms with Crippen molar-refractivity contribution in [1.82, 2.24) is 51.2 Å². The van der Waals surface area contributed by atoms with Crippen LogP contribution in [0.2, 0.25) is 0 Å². The number of pyridine rings is 6. The lowest BCUT2D eigenvalue weighted by Crippen LogP contribution is -2.27. The Labute approximate surface area is 304 Å². The van der Waals surface area contributed by atoms with Gasteiger partial charge in [-0.2, -0.15) is 0 Å². The van der Waals surface area contributed by atoms with Crippen LogP contribution in [0.4, 0.5) is 0 Å². The van der Waals surface area contributed by atoms with Crippen LogP contribution in [0.25, 0.3) is 0 Å². The lowest BCUT2D eigenvalue weighted by molar-refractivity contribution is 0.0925. The minimum absolute atomic E-state index is 0. The van der Waals surface area contributed by atoms with Gasteiger partial charge in [-0.25, -0.2) is 9.97 Å². The van der Waals surface area contributed by atoms with Crippen LogP contribution in [0.3, 0.4) is 0 Å². The van der Waals surface area contributed by atoms with E-state index in [0.717, 1.165) is 22.8 Å². The molecule has 0 aromatic carbocycles. The van der Waals surface area contributed by atoms with Crippen LogP contribution in [0.5, 0.6) is 0 Å². The molecule has 0 atom stereocenters. The van der Waals surface area contributed by atoms with Crippen LogP contribution in [-0.2, 0) is 26.2 Å². The number of rotatable bonds is 12. The van der Waals surface area contributed by atoms with Crippen molar-refractivity contribution >= 4 is 23.6 Å². The minimum atomic E-state index is -0.366. The fourth-order valence-corrected chi connectivity index (χ4v) is 4.43. The van der Waals surface area contributed by atoms with E-state index in [2.05, 4.69) is 51.2 Å². The predicted octanol–water partition coefficient (Wildman–Crippen LogP) is 2.64. The second-order valence-electron chi connectivity index (χ2n) is 10.8. The number of nitrogens with zero attached hydrogens (tertiary/aromatic N) is 6. The number of hydrogen-bond acceptors (Lipinski definition) is 10. The van der Waals surface area contributed by atoms with Gasteiger partial charge in [-0.3, -0.25) is 39.1 Å². The summed E-state index contributed by atoms with van der Waals surface area (Å²) in [4.78, 5) is 73.7. The van der Waals surface area contributed by atoms with E-state index in [1.807, 2.05) is 48.5 Å². The third-order valence-corrected chi connectivity index (χ3v) is 7.05. The first kappa shape index (κ1) is 38.5. The Morgan fingerprint density at radius 3 is 0.811 bits per heavy atom. The molecule has 0 aliphatic rings. The summed E-state index contributed by atoms with van der Waals surface area (Å²) in [6, 6.07) is 31.3. The van der Waals surface area contributed by atoms with E-state index < -0.39 is 0 Å². The first-order valence-electron chi connectivity index (χ1n) is 16.1. The standard InChI is InChI=1S/2C19H17N5O2.H2O/c2*25-18(22-12-14-6-1-3-10-20-14)16-8-5-9-17(24-16)19(26)23-13-15-7-2-4-11-21-15;/h2*1-11H,12-13H2,(H,22,25)(H,23,26);1H2. The highest BCUT2D eigenvalue weighted by Crippen LogP contribution is 2.04. The molecule has 6 aromatic heterocycles. The molecule has 0 saturated heterocycles. The molecule has 4 amide bonds. The van der Waals surface area contributed by atoms with Gasteiger partial charge in [-0.05, 0) is 72.8 Å². The van der Waals surface area contributed by atoms with Crippen LogP contribution in [0.15, 0.2) is 134 Å². The number of aromatic nitrogens is 6. The van der Waals surface area contributed by atoms with E-state index in [0.29, 0.717) is 0 Å². The number of nitrogens with one attached hydrogen (secondary N) is 4. The Kier molecular flexibility index (Phi) is 14.9. The van der Waals surface area contributed by atoms with Gasteiger partial charge < -0.3 is 26.7 Å². The number of carbonyl (C=O) groups excluding carboxylic acids is 4. The minimum Gasteiger partial charge on any atom is -0.412 e. The van der Waals surface area contributed by atoms with Gasteiger partial charge in [0.25, 0.3) is 23.6 Å². The highest BCUT2D eigenvalue weighted by atomic mass is 16.2. The molecule has 0 bridgehead atoms. The summed E-state index contributed by atoms with van der Waals surface area (Å²) in [7, 11) is 0. The first-order valence-corrected chi connectivity index (χ1v) is 16.1. The fraction of sp³-hybridized carbons (Fsp3) is 0.105. The summed E-state index contributed by atoms with van der Waals surface area (Å²) in [5.41, 5.74) is 3.65. The lowest BCUT2D eigenvalue weighted by atomic mass is 10.2. The molecule has 6 heterocycles. The van der Waals surface area contributed by atoms with Crippen molar-refractivity contribution in [1.29, 1.82) is 0 Å². The van der Waals surface area contributed by atoms with Crippen molar-refractivity contribution in [3.05, 3.63) is 180 Å². The Hall–Kier alpha value is -7.26. The molecule has 53 heavy (non-hydrogen) atoms. The van der Waals surface area contributed by atoms with Gasteiger partial charge >= 0.3 is 0 Å². The quantitative estimate of drug-likeness (QED) is 0.145. The van der Waals surface area contributed by atoms with E-state index in [1.54, 1.807) is 85.5 Å². The molecule has 0 spiro atoms. The average Bonchev–Trinajstić information content (AvgIpc) is 3.22. The molecular weight excluding hydrogens is 676 g/mol. The molecule has 0 aliphatic carbocycles. The average molecular weight is 713 g/mol. The molecule has 0 fully saturated rings. The van der Waals surface area contributed by atoms with Gasteiger partial charge in [0.1, 0.15) is 22.8 Å². The molecule has 0 radical (unpaired) electrons. The van der Waals surface area contributed by atoms with E-state index in [-0.39, 0.29) is 78.1 Å². The maximum absolute atomic E-state index is 12.2. The molecular formula is C38H36N10O5. The van der Waals surface area contributed by atoms with E-state index in [4.69, 9.17) is 0 Å². The Bertz CT molecular complexity index is 1780. The zero-order chi connectivity index (χ0) is 36.4. The summed E-state index contributed by atoms with van der Waals surface area (Å²) in [5, 5.41) is 10.9. The first-order chi connectivity index (χ1) is 25.4. The van der Waals surface area contributed by atoms with Gasteiger partial charge in [-0.1, -0.05) is 36.4 Å². The van der Waals surface area contributed by atoms with Gasteiger partial charge in [0.05, 0.1) is 49.0 Å². The van der Waals surface area contributed by atoms with Crippen LogP contribution >= 0.6 is 0 Å². The van der Waals surface area contributed by atoms with Crippen LogP contribution in [0, 0.1) is 0 Å². The Morgan fingerprint density at radius 1 is 0.358 bits per heavy atom. The van der Waals surface area contributed by atoms with Crippen molar-refractivity contribution in [2.24, 2.45) is 0 Å². The van der Waals surface area contributed by atoms with E-state index >= 15 is 0 Å². The highest BCUT2D eigenvalue weighted by molar-refractivity contribution is 5.97. The number of carbonyl (C=O) groups is 4. The van der Waals surface area contributed by atoms with Crippen LogP contribution < -0.4 is 21.3 Å². The van der Waals surface area contributed by atoms with Crippen molar-refractivity contribution in [3.8, 4) is 0 Å². The molecule has 15 nitrogen and oxygen atoms in total. The highest BCUT2D eigenvalue weighted by Gasteiger charge is 2.14. The molecule has 0 aliphatic heterocycles. The fourth-order valence-electron chi connectivity index (χ4n) is 4.43. The predicted molar refractivity (Wildman–Crippen MR) is 194 cm³/mol. The number of hydrogen-bond donors (Lipinski definition) is 4. The monoisotopic (exact) mass is 712 g/mol. The van der Waals surface area contributed by atoms with Crippen molar-refractivity contribution in [2.45, 2.75) is 26.2 Å². The van der Waals surface area contributed by atoms with Gasteiger partial charge in [0.2, 0.25) is 0 Å². The molecule has 15 heteroatoms. The largest absolute Gasteiger partial charge is 0.412 e. The third kappa shape index (κ3) is 12.5. The molecule has 0 unspecified atom stereocenters. The molecule has 6 aromatic rings. The smallest absolute Gasteiger partial charge is 0.270 e. The van der Waals surface area contributed by atoms with Crippen molar-refractivity contribution < 1.29 is 24.7 Å². The molecule has 0 saturated carbocycles. The summed E-state index contributed by atoms with van der Waals surface area (Å²) in [6.45, 7) is 1.16. The zero-order valence-corrected chi connectivity index (χ0v) is 28.3. The second-order valence-corrected chi connectivity index (χ2v) is 10.8. The van der Waals surface area contributed by atoms with Crippen LogP contribution in [0.1, 0.15) is 64.7 Å². The SMILES string of the molecule is O.O=C(NCc1ccccn1)c1cccc(C(=O)NCc2ccccn2)n1.O=C(NCc1ccccn1)c1cccc(C(=O)NCc2ccccn2)n1. The third-order valence-electron chi connectivity index (χ3n) is 7.05. The summed E-state index contributed by atoms with van der Waals surface area (Å²) in [6.07, 6.45) is 6.64. The second kappa shape index (κ2) is 20.4. The van der Waals surface area contributed by atoms with Crippen molar-refractivity contribution in [2.75, 3.05) is 0 Å². The van der Waals surface area contributed by atoms with E-state index in [9.17, 15) is 19.2 Å². The maximum Gasteiger partial charge on any atom is 0.270 e. The number of amides is 4. The molecule has 6 rings (SSSR count). The van der Waals surface area contributed by atoms with Crippen LogP contribution in [-0.4, -0.2) is 59.0 Å². The topological polar surface area (TPSA) is 225 Å². The molecule has 268 valence electrons. The summed E-state index contributed by atoms with van der Waals surface area (Å²) >= 11 is 0. The van der Waals surface area contributed by atoms with Gasteiger partial charge in [0, 0.05) is 24.8 Å². The lowest BCUT2D eigenvalue weighted by Gasteiger charge is -2.07. The van der Waals surface area contributed by atoms with Gasteiger partial charge in [0.15, 0.2) is 0 Å². The van der Waals surface area contributed by atoms with E-state index in [1.165, 1.54) is 0 Å². The molecule has 6 N–H and O–H groups in total. The Morgan fingerprint density at radius 2 is 0.604 bits per heavy atom. The summed E-state index contributed by atoms with van der Waals surface area (Å²) in [5.74, 6) is -1.46. The van der Waals surface area contributed by atoms with Crippen molar-refractivity contribution in [3.63, 3.8) is 0 Å². The Balaban J connectivity index is 0.000000232. The zero-order valence-electron chi connectivity index (χ0n) is 28.3. The maximum atomic E-state index is 12.2.